The molecule has 1 unspecified atom stereocenters. The summed E-state index contributed by atoms with van der Waals surface area (Å²) in [6.07, 6.45) is 3.68. The molecule has 0 spiro atoms. The van der Waals surface area contributed by atoms with E-state index in [9.17, 15) is 5.11 Å². The second-order valence-corrected chi connectivity index (χ2v) is 4.19. The van der Waals surface area contributed by atoms with E-state index in [0.717, 1.165) is 5.75 Å². The van der Waals surface area contributed by atoms with Crippen LogP contribution in [0.15, 0.2) is 0 Å². The molecule has 0 rings (SSSR count). The Morgan fingerprint density at radius 1 is 1.64 bits per heavy atom. The van der Waals surface area contributed by atoms with Gasteiger partial charge in [-0.3, -0.25) is 0 Å². The summed E-state index contributed by atoms with van der Waals surface area (Å²) in [5.41, 5.74) is 0. The molecule has 0 amide bonds. The van der Waals surface area contributed by atoms with E-state index in [0.29, 0.717) is 17.8 Å². The van der Waals surface area contributed by atoms with Crippen LogP contribution in [-0.2, 0) is 9.84 Å². The highest BCUT2D eigenvalue weighted by Gasteiger charge is 1.99. The minimum atomic E-state index is -0.140. The number of hydrogen-bond acceptors (Lipinski definition) is 3. The van der Waals surface area contributed by atoms with Crippen molar-refractivity contribution in [2.75, 3.05) is 24.9 Å². The van der Waals surface area contributed by atoms with E-state index in [2.05, 4.69) is 13.2 Å². The third-order valence-corrected chi connectivity index (χ3v) is 3.00. The molecule has 0 saturated carbocycles. The third kappa shape index (κ3) is 8.53. The van der Waals surface area contributed by atoms with Crippen molar-refractivity contribution in [3.63, 3.8) is 0 Å². The zero-order chi connectivity index (χ0) is 8.53. The van der Waals surface area contributed by atoms with E-state index in [-0.39, 0.29) is 6.61 Å². The molecule has 0 aromatic rings. The van der Waals surface area contributed by atoms with Gasteiger partial charge in [0, 0.05) is 17.3 Å². The van der Waals surface area contributed by atoms with E-state index >= 15 is 0 Å². The lowest BCUT2D eigenvalue weighted by molar-refractivity contribution is 0.0876. The average molecular weight is 194 g/mol. The maximum absolute atomic E-state index is 9.95. The molecule has 0 aliphatic heterocycles. The zero-order valence-electron chi connectivity index (χ0n) is 6.75. The Balaban J connectivity index is 2.97. The second kappa shape index (κ2) is 8.71. The number of hydrogen-bond donors (Lipinski definition) is 0. The van der Waals surface area contributed by atoms with Crippen LogP contribution in [-0.4, -0.2) is 30.2 Å². The fourth-order valence-corrected chi connectivity index (χ4v) is 1.95. The average Bonchev–Trinajstić information content (AvgIpc) is 1.99. The summed E-state index contributed by atoms with van der Waals surface area (Å²) in [4.78, 5) is 0. The maximum atomic E-state index is 9.95. The molecular weight excluding hydrogens is 180 g/mol. The molecule has 0 saturated heterocycles. The predicted molar refractivity (Wildman–Crippen MR) is 51.2 cm³/mol. The van der Waals surface area contributed by atoms with Gasteiger partial charge in [0.1, 0.15) is 6.61 Å². The van der Waals surface area contributed by atoms with Gasteiger partial charge < -0.3 is 4.74 Å². The molecular formula is C7H14O2S2. The second-order valence-electron chi connectivity index (χ2n) is 2.08. The van der Waals surface area contributed by atoms with Crippen molar-refractivity contribution in [3.8, 4) is 0 Å². The highest BCUT2D eigenvalue weighted by molar-refractivity contribution is 8.03. The summed E-state index contributed by atoms with van der Waals surface area (Å²) in [6.45, 7) is 2.32. The number of thioether (sulfide) groups is 2. The smallest absolute Gasteiger partial charge is 0.106 e. The van der Waals surface area contributed by atoms with E-state index in [1.54, 1.807) is 23.5 Å². The molecule has 11 heavy (non-hydrogen) atoms. The van der Waals surface area contributed by atoms with E-state index in [4.69, 9.17) is 4.74 Å². The summed E-state index contributed by atoms with van der Waals surface area (Å²) in [6, 6.07) is 0. The minimum Gasteiger partial charge on any atom is -0.368 e. The van der Waals surface area contributed by atoms with Crippen molar-refractivity contribution in [1.29, 1.82) is 0 Å². The van der Waals surface area contributed by atoms with Crippen LogP contribution < -0.4 is 0 Å². The maximum Gasteiger partial charge on any atom is 0.106 e. The van der Waals surface area contributed by atoms with E-state index in [1.165, 1.54) is 0 Å². The molecule has 0 aliphatic rings. The van der Waals surface area contributed by atoms with Gasteiger partial charge >= 0.3 is 0 Å². The first-order valence-corrected chi connectivity index (χ1v) is 5.66. The Bertz CT molecular complexity index is 80.8. The van der Waals surface area contributed by atoms with Crippen molar-refractivity contribution in [2.45, 2.75) is 12.2 Å². The first-order valence-electron chi connectivity index (χ1n) is 3.45. The lowest BCUT2D eigenvalue weighted by Gasteiger charge is -2.08. The van der Waals surface area contributed by atoms with Gasteiger partial charge in [-0.15, -0.1) is 11.8 Å². The molecule has 0 aliphatic carbocycles. The van der Waals surface area contributed by atoms with Gasteiger partial charge in [0.15, 0.2) is 0 Å². The molecule has 2 radical (unpaired) electrons. The summed E-state index contributed by atoms with van der Waals surface area (Å²) >= 11 is 3.30. The Kier molecular flexibility index (Phi) is 9.21. The highest BCUT2D eigenvalue weighted by Crippen LogP contribution is 2.14. The summed E-state index contributed by atoms with van der Waals surface area (Å²) < 4.78 is 5.02. The normalized spacial score (nSPS) is 13.4. The topological polar surface area (TPSA) is 29.1 Å². The molecule has 1 atom stereocenters. The van der Waals surface area contributed by atoms with Gasteiger partial charge in [0.2, 0.25) is 0 Å². The summed E-state index contributed by atoms with van der Waals surface area (Å²) in [5, 5.41) is 10.5. The molecule has 0 N–H and O–H groups in total. The molecule has 0 bridgehead atoms. The van der Waals surface area contributed by atoms with Gasteiger partial charge in [-0.25, -0.2) is 5.11 Å². The Hall–Kier alpha value is 0.620. The Labute approximate surface area is 77.1 Å². The molecule has 0 aromatic heterocycles. The van der Waals surface area contributed by atoms with Crippen LogP contribution in [0.25, 0.3) is 0 Å². The van der Waals surface area contributed by atoms with Gasteiger partial charge in [0.25, 0.3) is 0 Å². The number of rotatable bonds is 7. The SMILES string of the molecule is [CH2]SCC(C)SCOCC[O]. The van der Waals surface area contributed by atoms with E-state index < -0.39 is 0 Å². The van der Waals surface area contributed by atoms with Crippen molar-refractivity contribution >= 4 is 23.5 Å². The Morgan fingerprint density at radius 2 is 2.36 bits per heavy atom. The molecule has 66 valence electrons. The van der Waals surface area contributed by atoms with Crippen molar-refractivity contribution in [2.24, 2.45) is 0 Å². The van der Waals surface area contributed by atoms with Gasteiger partial charge in [-0.05, 0) is 0 Å². The first kappa shape index (κ1) is 11.6. The standard InChI is InChI=1S/C7H14O2S2/c1-7(5-10-2)11-6-9-4-3-8/h7H,2-6H2,1H3. The van der Waals surface area contributed by atoms with Crippen LogP contribution in [0.1, 0.15) is 6.92 Å². The molecule has 4 heteroatoms. The zero-order valence-corrected chi connectivity index (χ0v) is 8.38. The van der Waals surface area contributed by atoms with Crippen LogP contribution in [0.2, 0.25) is 0 Å². The molecule has 0 aromatic carbocycles. The fourth-order valence-electron chi connectivity index (χ4n) is 0.496. The fraction of sp³-hybridized carbons (Fsp3) is 0.857. The third-order valence-electron chi connectivity index (χ3n) is 1.02. The largest absolute Gasteiger partial charge is 0.368 e. The van der Waals surface area contributed by atoms with Crippen LogP contribution in [0.4, 0.5) is 0 Å². The van der Waals surface area contributed by atoms with E-state index in [1.807, 2.05) is 0 Å². The van der Waals surface area contributed by atoms with Crippen molar-refractivity contribution in [1.82, 2.24) is 0 Å². The minimum absolute atomic E-state index is 0.140. The lowest BCUT2D eigenvalue weighted by atomic mass is 10.6. The van der Waals surface area contributed by atoms with Crippen LogP contribution in [0.3, 0.4) is 0 Å². The van der Waals surface area contributed by atoms with Crippen molar-refractivity contribution < 1.29 is 9.84 Å². The molecule has 2 nitrogen and oxygen atoms in total. The molecule has 0 fully saturated rings. The van der Waals surface area contributed by atoms with Gasteiger partial charge in [-0.2, -0.15) is 11.8 Å². The summed E-state index contributed by atoms with van der Waals surface area (Å²) in [5.74, 6) is 1.66. The van der Waals surface area contributed by atoms with Crippen LogP contribution in [0, 0.1) is 6.26 Å². The van der Waals surface area contributed by atoms with Crippen molar-refractivity contribution in [3.05, 3.63) is 6.26 Å². The van der Waals surface area contributed by atoms with Crippen LogP contribution >= 0.6 is 23.5 Å². The lowest BCUT2D eigenvalue weighted by Crippen LogP contribution is -2.04. The monoisotopic (exact) mass is 194 g/mol. The van der Waals surface area contributed by atoms with Gasteiger partial charge in [-0.1, -0.05) is 6.92 Å². The van der Waals surface area contributed by atoms with Gasteiger partial charge in [0.05, 0.1) is 12.5 Å². The quantitative estimate of drug-likeness (QED) is 0.459. The summed E-state index contributed by atoms with van der Waals surface area (Å²) in [7, 11) is 0. The number of ether oxygens (including phenoxy) is 1. The van der Waals surface area contributed by atoms with Crippen LogP contribution in [0.5, 0.6) is 0 Å². The predicted octanol–water partition coefficient (Wildman–Crippen LogP) is 2.04. The Morgan fingerprint density at radius 3 is 2.91 bits per heavy atom. The first-order chi connectivity index (χ1) is 5.31. The highest BCUT2D eigenvalue weighted by atomic mass is 32.2. The molecule has 0 heterocycles.